The van der Waals surface area contributed by atoms with Crippen LogP contribution in [0.15, 0.2) is 12.2 Å². The van der Waals surface area contributed by atoms with E-state index in [4.69, 9.17) is 20.7 Å². The van der Waals surface area contributed by atoms with Crippen molar-refractivity contribution >= 4 is 47.5 Å². The van der Waals surface area contributed by atoms with E-state index in [9.17, 15) is 38.4 Å². The summed E-state index contributed by atoms with van der Waals surface area (Å²) in [6.45, 7) is 34.0. The van der Waals surface area contributed by atoms with E-state index < -0.39 is 23.8 Å². The summed E-state index contributed by atoms with van der Waals surface area (Å²) < 4.78 is 13.4. The highest BCUT2D eigenvalue weighted by Crippen LogP contribution is 2.45. The molecule has 0 aromatic carbocycles. The fourth-order valence-electron chi connectivity index (χ4n) is 15.4. The van der Waals surface area contributed by atoms with Gasteiger partial charge in [0.1, 0.15) is 0 Å². The van der Waals surface area contributed by atoms with Crippen molar-refractivity contribution in [2.75, 3.05) is 61.2 Å². The molecule has 4 saturated heterocycles. The van der Waals surface area contributed by atoms with E-state index >= 15 is 0 Å². The number of amides is 4. The minimum Gasteiger partial charge on any atom is -0.481 e. The molecule has 0 spiro atoms. The first-order valence-corrected chi connectivity index (χ1v) is 33.2. The maximum atomic E-state index is 12.8. The minimum absolute atomic E-state index is 0.0357. The summed E-state index contributed by atoms with van der Waals surface area (Å²) in [4.78, 5) is 102. The van der Waals surface area contributed by atoms with E-state index in [0.717, 1.165) is 71.1 Å². The summed E-state index contributed by atoms with van der Waals surface area (Å²) in [5.41, 5.74) is 7.18. The largest absolute Gasteiger partial charge is 0.481 e. The van der Waals surface area contributed by atoms with Gasteiger partial charge in [-0.3, -0.25) is 33.6 Å². The van der Waals surface area contributed by atoms with Gasteiger partial charge in [0.2, 0.25) is 23.6 Å². The highest BCUT2D eigenvalue weighted by Gasteiger charge is 2.48. The number of methoxy groups -OCH3 is 3. The minimum atomic E-state index is -0.834. The average molecular weight is 1230 g/mol. The van der Waals surface area contributed by atoms with Crippen molar-refractivity contribution in [2.45, 2.75) is 255 Å². The number of hydrogen-bond donors (Lipinski definition) is 3. The van der Waals surface area contributed by atoms with Crippen LogP contribution in [0.5, 0.6) is 0 Å². The number of carbonyl (C=O) groups excluding carboxylic acids is 7. The number of ether oxygens (including phenoxy) is 3. The van der Waals surface area contributed by atoms with E-state index in [-0.39, 0.29) is 82.1 Å². The molecule has 4 amide bonds. The Morgan fingerprint density at radius 3 is 1.16 bits per heavy atom. The number of nitrogens with zero attached hydrogens (tertiary/aromatic N) is 4. The molecule has 4 aliphatic heterocycles. The van der Waals surface area contributed by atoms with Gasteiger partial charge in [0.25, 0.3) is 0 Å². The Morgan fingerprint density at radius 1 is 0.483 bits per heavy atom. The lowest BCUT2D eigenvalue weighted by atomic mass is 9.69. The Morgan fingerprint density at radius 2 is 0.828 bits per heavy atom. The molecule has 4 heterocycles. The van der Waals surface area contributed by atoms with Crippen LogP contribution in [0, 0.1) is 63.1 Å². The topological polar surface area (TPSA) is 244 Å². The molecule has 18 nitrogen and oxygen atoms in total. The molecule has 11 atom stereocenters. The summed E-state index contributed by atoms with van der Waals surface area (Å²) >= 11 is 0. The number of carboxylic acids is 1. The van der Waals surface area contributed by atoms with Gasteiger partial charge in [-0.05, 0) is 116 Å². The molecule has 0 radical (unpaired) electrons. The van der Waals surface area contributed by atoms with E-state index in [0.29, 0.717) is 73.8 Å². The molecule has 18 heteroatoms. The zero-order valence-electron chi connectivity index (χ0n) is 57.1. The molecule has 8 fully saturated rings. The normalized spacial score (nSPS) is 28.7. The van der Waals surface area contributed by atoms with Gasteiger partial charge in [0.05, 0.1) is 45.5 Å². The second-order valence-corrected chi connectivity index (χ2v) is 30.3. The highest BCUT2D eigenvalue weighted by molar-refractivity contribution is 5.93. The molecule has 4 aliphatic carbocycles. The molecule has 4 saturated carbocycles. The Balaban J connectivity index is 0.000000291. The van der Waals surface area contributed by atoms with E-state index in [1.807, 2.05) is 14.7 Å². The van der Waals surface area contributed by atoms with Crippen LogP contribution in [0.2, 0.25) is 0 Å². The predicted molar refractivity (Wildman–Crippen MR) is 340 cm³/mol. The SMILES string of the molecule is C=C(CC(=O)OC)C(=O)OC.CC(C)(C)C1CCCCC1N.CC(C)(C)C1CCCCC1N1CC(C(=O)N2CCCCC2)CC1=O.CC(C)(C)C1CCCCC1N1CC(C(=O)O)CC1=O.CO.COC(=O)C1CC(=O)N(C2CCCCC2C(C)(C)C)C1. The molecule has 0 bridgehead atoms. The standard InChI is InChI=1S/C20H34N2O2.C16H27NO3.C15H25NO3.C10H21N.C7H10O4.CH4O/c1-20(2,3)16-9-5-6-10-17(16)22-14-15(13-18(22)23)19(24)21-11-7-4-8-12-21;1-16(2,3)12-7-5-6-8-13(12)17-10-11(9-14(17)18)15(19)20-4;1-15(2,3)11-6-4-5-7-12(11)16-9-10(14(18)19)8-13(16)17;1-10(2,3)8-6-4-5-7-9(8)11;1-5(7(9)11-3)4-6(8)10-2;1-2/h15-17H,4-14H2,1-3H3;11-13H,5-10H2,1-4H3;10-12H,4-9H2,1-3H3,(H,18,19);8-9H,4-7,11H2,1-3H3;1,4H2,2-3H3;2H,1H3. The van der Waals surface area contributed by atoms with E-state index in [1.165, 1.54) is 98.4 Å². The fraction of sp³-hybridized carbons (Fsp3) is 0.855. The average Bonchev–Trinajstić information content (AvgIpc) is 2.73. The lowest BCUT2D eigenvalue weighted by Gasteiger charge is -2.44. The van der Waals surface area contributed by atoms with Gasteiger partial charge in [0.15, 0.2) is 0 Å². The van der Waals surface area contributed by atoms with Crippen LogP contribution in [0.3, 0.4) is 0 Å². The van der Waals surface area contributed by atoms with Gasteiger partial charge in [-0.25, -0.2) is 4.79 Å². The number of nitrogens with two attached hydrogens (primary N) is 1. The number of piperidine rings is 1. The first-order chi connectivity index (χ1) is 40.6. The third-order valence-electron chi connectivity index (χ3n) is 20.1. The Labute approximate surface area is 524 Å². The number of hydrogen-bond acceptors (Lipinski definition) is 13. The van der Waals surface area contributed by atoms with Crippen molar-refractivity contribution in [3.05, 3.63) is 12.2 Å². The van der Waals surface area contributed by atoms with Gasteiger partial charge in [-0.15, -0.1) is 0 Å². The van der Waals surface area contributed by atoms with Gasteiger partial charge < -0.3 is 49.8 Å². The number of carboxylic acid groups (broad SMARTS) is 1. The summed E-state index contributed by atoms with van der Waals surface area (Å²) in [5.74, 6) is -0.123. The number of aliphatic carboxylic acids is 1. The van der Waals surface area contributed by atoms with Gasteiger partial charge in [-0.1, -0.05) is 141 Å². The third-order valence-corrected chi connectivity index (χ3v) is 20.1. The molecule has 4 N–H and O–H groups in total. The zero-order chi connectivity index (χ0) is 65.8. The third kappa shape index (κ3) is 23.0. The number of carbonyl (C=O) groups is 8. The van der Waals surface area contributed by atoms with Crippen LogP contribution in [-0.2, 0) is 52.6 Å². The summed E-state index contributed by atoms with van der Waals surface area (Å²) in [6, 6.07) is 1.34. The zero-order valence-corrected chi connectivity index (χ0v) is 57.1. The van der Waals surface area contributed by atoms with Crippen molar-refractivity contribution in [3.8, 4) is 0 Å². The number of rotatable bonds is 9. The lowest BCUT2D eigenvalue weighted by molar-refractivity contribution is -0.145. The van der Waals surface area contributed by atoms with Crippen molar-refractivity contribution in [2.24, 2.45) is 68.8 Å². The monoisotopic (exact) mass is 1230 g/mol. The van der Waals surface area contributed by atoms with Crippen LogP contribution in [0.4, 0.5) is 0 Å². The molecule has 8 aliphatic rings. The Hall–Kier alpha value is -4.58. The van der Waals surface area contributed by atoms with Crippen LogP contribution < -0.4 is 5.73 Å². The molecular weight excluding hydrogens is 1110 g/mol. The number of esters is 3. The van der Waals surface area contributed by atoms with Crippen molar-refractivity contribution < 1.29 is 62.8 Å². The number of aliphatic hydroxyl groups is 1. The van der Waals surface area contributed by atoms with Crippen molar-refractivity contribution in [1.82, 2.24) is 19.6 Å². The first-order valence-electron chi connectivity index (χ1n) is 33.2. The molecule has 8 rings (SSSR count). The maximum Gasteiger partial charge on any atom is 0.333 e. The molecular formula is C69H121N5O13. The summed E-state index contributed by atoms with van der Waals surface area (Å²) in [7, 11) is 4.87. The number of likely N-dealkylation sites (tertiary alicyclic amines) is 4. The van der Waals surface area contributed by atoms with Crippen LogP contribution in [0.25, 0.3) is 0 Å². The molecule has 11 unspecified atom stereocenters. The predicted octanol–water partition coefficient (Wildman–Crippen LogP) is 11.0. The summed E-state index contributed by atoms with van der Waals surface area (Å²) in [5, 5.41) is 16.1. The smallest absolute Gasteiger partial charge is 0.333 e. The highest BCUT2D eigenvalue weighted by atomic mass is 16.5. The first kappa shape index (κ1) is 76.7. The molecule has 87 heavy (non-hydrogen) atoms. The summed E-state index contributed by atoms with van der Waals surface area (Å²) in [6.07, 6.45) is 23.6. The lowest BCUT2D eigenvalue weighted by Crippen LogP contribution is -2.48. The van der Waals surface area contributed by atoms with Crippen LogP contribution in [-0.4, -0.2) is 163 Å². The van der Waals surface area contributed by atoms with Gasteiger partial charge in [-0.2, -0.15) is 0 Å². The van der Waals surface area contributed by atoms with Crippen LogP contribution in [0.1, 0.15) is 231 Å². The van der Waals surface area contributed by atoms with E-state index in [2.05, 4.69) is 104 Å². The second-order valence-electron chi connectivity index (χ2n) is 30.3. The maximum absolute atomic E-state index is 12.8. The van der Waals surface area contributed by atoms with Gasteiger partial charge in [0, 0.05) is 88.8 Å². The fourth-order valence-corrected chi connectivity index (χ4v) is 15.4. The quantitative estimate of drug-likeness (QED) is 0.110. The van der Waals surface area contributed by atoms with Crippen molar-refractivity contribution in [3.63, 3.8) is 0 Å². The number of aliphatic hydroxyl groups excluding tert-OH is 1. The second kappa shape index (κ2) is 35.1. The van der Waals surface area contributed by atoms with Crippen molar-refractivity contribution in [1.29, 1.82) is 0 Å². The Bertz CT molecular complexity index is 2240. The Kier molecular flexibility index (Phi) is 31.0. The molecule has 0 aromatic heterocycles. The molecule has 500 valence electrons. The van der Waals surface area contributed by atoms with Gasteiger partial charge >= 0.3 is 23.9 Å². The molecule has 0 aromatic rings. The van der Waals surface area contributed by atoms with E-state index in [1.54, 1.807) is 0 Å². The van der Waals surface area contributed by atoms with Crippen LogP contribution >= 0.6 is 0 Å².